The van der Waals surface area contributed by atoms with E-state index in [0.717, 1.165) is 12.8 Å². The second-order valence-corrected chi connectivity index (χ2v) is 5.52. The Labute approximate surface area is 131 Å². The maximum Gasteiger partial charge on any atom is 0.262 e. The molecule has 0 aromatic carbocycles. The number of ether oxygens (including phenoxy) is 1. The summed E-state index contributed by atoms with van der Waals surface area (Å²) in [5, 5.41) is 4.88. The number of fused-ring (bicyclic) bond motifs is 1. The monoisotopic (exact) mass is 312 g/mol. The van der Waals surface area contributed by atoms with Crippen LogP contribution in [0.15, 0.2) is 29.5 Å². The molecule has 1 N–H and O–H groups in total. The lowest BCUT2D eigenvalue weighted by Gasteiger charge is -2.22. The number of hydrogen-bond donors (Lipinski definition) is 1. The van der Waals surface area contributed by atoms with Crippen LogP contribution < -0.4 is 5.56 Å². The molecule has 0 atom stereocenters. The molecule has 0 unspecified atom stereocenters. The maximum absolute atomic E-state index is 12.3. The van der Waals surface area contributed by atoms with Gasteiger partial charge in [-0.25, -0.2) is 19.6 Å². The van der Waals surface area contributed by atoms with E-state index in [9.17, 15) is 4.79 Å². The molecule has 0 bridgehead atoms. The molecule has 1 aliphatic rings. The lowest BCUT2D eigenvalue weighted by atomic mass is 10.1. The molecule has 4 heterocycles. The van der Waals surface area contributed by atoms with Gasteiger partial charge in [0.25, 0.3) is 5.56 Å². The first kappa shape index (κ1) is 14.0. The number of aromatic amines is 1. The van der Waals surface area contributed by atoms with Crippen molar-refractivity contribution in [2.24, 2.45) is 0 Å². The summed E-state index contributed by atoms with van der Waals surface area (Å²) in [5.41, 5.74) is 0.436. The average Bonchev–Trinajstić information content (AvgIpc) is 3.01. The van der Waals surface area contributed by atoms with Gasteiger partial charge in [-0.15, -0.1) is 0 Å². The molecule has 1 saturated heterocycles. The number of nitrogens with zero attached hydrogens (tertiary/aromatic N) is 5. The molecule has 0 radical (unpaired) electrons. The maximum atomic E-state index is 12.3. The first-order chi connectivity index (χ1) is 11.3. The van der Waals surface area contributed by atoms with Gasteiger partial charge in [0.2, 0.25) is 0 Å². The van der Waals surface area contributed by atoms with Crippen LogP contribution in [0.2, 0.25) is 0 Å². The predicted molar refractivity (Wildman–Crippen MR) is 82.1 cm³/mol. The van der Waals surface area contributed by atoms with Crippen molar-refractivity contribution in [3.63, 3.8) is 0 Å². The van der Waals surface area contributed by atoms with E-state index in [-0.39, 0.29) is 11.6 Å². The SMILES string of the molecule is O=c1[nH]c(Cc2ncccn2)nc2c1cnn2C1CCOCC1. The van der Waals surface area contributed by atoms with E-state index in [1.807, 2.05) is 4.68 Å². The third-order valence-electron chi connectivity index (χ3n) is 3.99. The minimum Gasteiger partial charge on any atom is -0.381 e. The van der Waals surface area contributed by atoms with E-state index in [4.69, 9.17) is 4.74 Å². The zero-order valence-corrected chi connectivity index (χ0v) is 12.5. The molecular weight excluding hydrogens is 296 g/mol. The average molecular weight is 312 g/mol. The highest BCUT2D eigenvalue weighted by Crippen LogP contribution is 2.23. The summed E-state index contributed by atoms with van der Waals surface area (Å²) in [6.45, 7) is 1.42. The van der Waals surface area contributed by atoms with Crippen LogP contribution in [-0.2, 0) is 11.2 Å². The van der Waals surface area contributed by atoms with Crippen molar-refractivity contribution in [1.82, 2.24) is 29.7 Å². The second kappa shape index (κ2) is 5.88. The van der Waals surface area contributed by atoms with E-state index in [1.54, 1.807) is 24.7 Å². The van der Waals surface area contributed by atoms with Gasteiger partial charge < -0.3 is 9.72 Å². The van der Waals surface area contributed by atoms with E-state index >= 15 is 0 Å². The van der Waals surface area contributed by atoms with E-state index in [0.29, 0.717) is 42.3 Å². The Morgan fingerprint density at radius 2 is 2.04 bits per heavy atom. The normalized spacial score (nSPS) is 16.0. The first-order valence-corrected chi connectivity index (χ1v) is 7.61. The van der Waals surface area contributed by atoms with Crippen LogP contribution in [0.3, 0.4) is 0 Å². The molecule has 118 valence electrons. The first-order valence-electron chi connectivity index (χ1n) is 7.61. The van der Waals surface area contributed by atoms with Gasteiger partial charge in [-0.2, -0.15) is 5.10 Å². The Kier molecular flexibility index (Phi) is 3.58. The fourth-order valence-corrected chi connectivity index (χ4v) is 2.83. The molecule has 8 heteroatoms. The molecule has 23 heavy (non-hydrogen) atoms. The van der Waals surface area contributed by atoms with Crippen LogP contribution in [0, 0.1) is 0 Å². The molecule has 8 nitrogen and oxygen atoms in total. The van der Waals surface area contributed by atoms with Crippen molar-refractivity contribution in [3.05, 3.63) is 46.7 Å². The van der Waals surface area contributed by atoms with E-state index < -0.39 is 0 Å². The summed E-state index contributed by atoms with van der Waals surface area (Å²) in [6.07, 6.45) is 7.06. The van der Waals surface area contributed by atoms with Crippen molar-refractivity contribution < 1.29 is 4.74 Å². The Morgan fingerprint density at radius 3 is 2.83 bits per heavy atom. The van der Waals surface area contributed by atoms with Crippen LogP contribution in [0.4, 0.5) is 0 Å². The highest BCUT2D eigenvalue weighted by Gasteiger charge is 2.20. The Bertz CT molecular complexity index is 867. The number of aromatic nitrogens is 6. The van der Waals surface area contributed by atoms with Gasteiger partial charge in [-0.3, -0.25) is 4.79 Å². The smallest absolute Gasteiger partial charge is 0.262 e. The van der Waals surface area contributed by atoms with Gasteiger partial charge in [0.1, 0.15) is 17.0 Å². The minimum absolute atomic E-state index is 0.181. The Morgan fingerprint density at radius 1 is 1.26 bits per heavy atom. The lowest BCUT2D eigenvalue weighted by molar-refractivity contribution is 0.0673. The largest absolute Gasteiger partial charge is 0.381 e. The zero-order valence-electron chi connectivity index (χ0n) is 12.5. The minimum atomic E-state index is -0.181. The van der Waals surface area contributed by atoms with Crippen LogP contribution >= 0.6 is 0 Å². The quantitative estimate of drug-likeness (QED) is 0.770. The summed E-state index contributed by atoms with van der Waals surface area (Å²) in [4.78, 5) is 28.0. The van der Waals surface area contributed by atoms with Gasteiger partial charge in [0.15, 0.2) is 5.65 Å². The Balaban J connectivity index is 1.74. The predicted octanol–water partition coefficient (Wildman–Crippen LogP) is 0.852. The summed E-state index contributed by atoms with van der Waals surface area (Å²) in [6, 6.07) is 1.97. The molecule has 3 aromatic rings. The van der Waals surface area contributed by atoms with Gasteiger partial charge >= 0.3 is 0 Å². The molecule has 4 rings (SSSR count). The van der Waals surface area contributed by atoms with Gasteiger partial charge in [0, 0.05) is 25.6 Å². The highest BCUT2D eigenvalue weighted by molar-refractivity contribution is 5.73. The van der Waals surface area contributed by atoms with Crippen molar-refractivity contribution in [1.29, 1.82) is 0 Å². The highest BCUT2D eigenvalue weighted by atomic mass is 16.5. The summed E-state index contributed by atoms with van der Waals surface area (Å²) in [7, 11) is 0. The summed E-state index contributed by atoms with van der Waals surface area (Å²) >= 11 is 0. The third-order valence-corrected chi connectivity index (χ3v) is 3.99. The van der Waals surface area contributed by atoms with E-state index in [1.165, 1.54) is 0 Å². The second-order valence-electron chi connectivity index (χ2n) is 5.52. The fourth-order valence-electron chi connectivity index (χ4n) is 2.83. The van der Waals surface area contributed by atoms with Crippen molar-refractivity contribution in [3.8, 4) is 0 Å². The number of H-pyrrole nitrogens is 1. The molecule has 1 fully saturated rings. The zero-order chi connectivity index (χ0) is 15.6. The fraction of sp³-hybridized carbons (Fsp3) is 0.400. The van der Waals surface area contributed by atoms with Crippen molar-refractivity contribution in [2.75, 3.05) is 13.2 Å². The van der Waals surface area contributed by atoms with Crippen LogP contribution in [0.5, 0.6) is 0 Å². The van der Waals surface area contributed by atoms with Gasteiger partial charge in [-0.05, 0) is 18.9 Å². The standard InChI is InChI=1S/C15H16N6O2/c22-15-11-9-18-21(10-2-6-23-7-3-10)14(11)19-13(20-15)8-12-16-4-1-5-17-12/h1,4-5,9-10H,2-3,6-8H2,(H,19,20,22). The van der Waals surface area contributed by atoms with Crippen LogP contribution in [0.1, 0.15) is 30.5 Å². The molecule has 0 amide bonds. The van der Waals surface area contributed by atoms with Gasteiger partial charge in [-0.1, -0.05) is 0 Å². The molecule has 0 saturated carbocycles. The summed E-state index contributed by atoms with van der Waals surface area (Å²) in [5.74, 6) is 1.16. The molecule has 0 spiro atoms. The Hall–Kier alpha value is -2.61. The topological polar surface area (TPSA) is 98.6 Å². The van der Waals surface area contributed by atoms with Gasteiger partial charge in [0.05, 0.1) is 18.7 Å². The molecule has 3 aromatic heterocycles. The van der Waals surface area contributed by atoms with Crippen LogP contribution in [-0.4, -0.2) is 42.9 Å². The number of hydrogen-bond acceptors (Lipinski definition) is 6. The number of nitrogens with one attached hydrogen (secondary N) is 1. The van der Waals surface area contributed by atoms with Crippen molar-refractivity contribution in [2.45, 2.75) is 25.3 Å². The van der Waals surface area contributed by atoms with Crippen LogP contribution in [0.25, 0.3) is 11.0 Å². The molecule has 0 aliphatic carbocycles. The van der Waals surface area contributed by atoms with E-state index in [2.05, 4.69) is 25.0 Å². The lowest BCUT2D eigenvalue weighted by Crippen LogP contribution is -2.21. The number of rotatable bonds is 3. The third kappa shape index (κ3) is 2.72. The molecular formula is C15H16N6O2. The summed E-state index contributed by atoms with van der Waals surface area (Å²) < 4.78 is 7.24. The van der Waals surface area contributed by atoms with Crippen molar-refractivity contribution >= 4 is 11.0 Å². The molecule has 1 aliphatic heterocycles.